The fourth-order valence-corrected chi connectivity index (χ4v) is 2.76. The van der Waals surface area contributed by atoms with Crippen LogP contribution in [0.5, 0.6) is 5.75 Å². The second kappa shape index (κ2) is 7.84. The lowest BCUT2D eigenvalue weighted by Gasteiger charge is -2.33. The summed E-state index contributed by atoms with van der Waals surface area (Å²) in [4.78, 5) is 15.7. The van der Waals surface area contributed by atoms with Gasteiger partial charge in [0.25, 0.3) is 0 Å². The summed E-state index contributed by atoms with van der Waals surface area (Å²) in [5, 5.41) is 0. The van der Waals surface area contributed by atoms with E-state index in [2.05, 4.69) is 36.0 Å². The molecule has 0 heterocycles. The zero-order chi connectivity index (χ0) is 17.7. The molecule has 0 bridgehead atoms. The average Bonchev–Trinajstić information content (AvgIpc) is 2.59. The minimum atomic E-state index is -0.463. The van der Waals surface area contributed by atoms with Gasteiger partial charge < -0.3 is 20.3 Å². The van der Waals surface area contributed by atoms with Gasteiger partial charge in [-0.1, -0.05) is 30.3 Å². The fourth-order valence-electron chi connectivity index (χ4n) is 2.76. The highest BCUT2D eigenvalue weighted by Crippen LogP contribution is 2.34. The second-order valence-corrected chi connectivity index (χ2v) is 6.05. The number of benzene rings is 2. The molecule has 128 valence electrons. The van der Waals surface area contributed by atoms with Crippen LogP contribution >= 0.6 is 0 Å². The quantitative estimate of drug-likeness (QED) is 0.849. The van der Waals surface area contributed by atoms with Crippen LogP contribution in [-0.4, -0.2) is 45.6 Å². The van der Waals surface area contributed by atoms with Crippen molar-refractivity contribution >= 4 is 11.6 Å². The number of anilines is 1. The van der Waals surface area contributed by atoms with E-state index in [1.165, 1.54) is 5.56 Å². The predicted octanol–water partition coefficient (Wildman–Crippen LogP) is 2.53. The highest BCUT2D eigenvalue weighted by Gasteiger charge is 2.21. The Morgan fingerprint density at radius 1 is 1.12 bits per heavy atom. The van der Waals surface area contributed by atoms with Crippen LogP contribution in [0, 0.1) is 0 Å². The number of primary amides is 1. The molecule has 24 heavy (non-hydrogen) atoms. The number of rotatable bonds is 7. The van der Waals surface area contributed by atoms with E-state index in [0.29, 0.717) is 11.3 Å². The third kappa shape index (κ3) is 4.06. The maximum atomic E-state index is 11.4. The number of hydrogen-bond donors (Lipinski definition) is 1. The zero-order valence-electron chi connectivity index (χ0n) is 14.7. The molecule has 0 unspecified atom stereocenters. The lowest BCUT2D eigenvalue weighted by Crippen LogP contribution is -2.33. The molecule has 2 aromatic rings. The van der Waals surface area contributed by atoms with Crippen molar-refractivity contribution in [3.8, 4) is 5.75 Å². The molecule has 0 saturated heterocycles. The predicted molar refractivity (Wildman–Crippen MR) is 97.7 cm³/mol. The van der Waals surface area contributed by atoms with E-state index < -0.39 is 5.91 Å². The van der Waals surface area contributed by atoms with Crippen molar-refractivity contribution in [1.82, 2.24) is 4.90 Å². The van der Waals surface area contributed by atoms with Crippen molar-refractivity contribution in [1.29, 1.82) is 0 Å². The van der Waals surface area contributed by atoms with Gasteiger partial charge in [-0.3, -0.25) is 4.79 Å². The Hall–Kier alpha value is -2.53. The number of amides is 1. The van der Waals surface area contributed by atoms with E-state index in [1.807, 2.05) is 31.3 Å². The number of likely N-dealkylation sites (N-methyl/N-ethyl adjacent to an activating group) is 2. The first-order valence-corrected chi connectivity index (χ1v) is 7.84. The van der Waals surface area contributed by atoms with Crippen LogP contribution in [0.3, 0.4) is 0 Å². The summed E-state index contributed by atoms with van der Waals surface area (Å²) < 4.78 is 5.49. The summed E-state index contributed by atoms with van der Waals surface area (Å²) >= 11 is 0. The maximum absolute atomic E-state index is 11.4. The van der Waals surface area contributed by atoms with Crippen molar-refractivity contribution in [2.45, 2.75) is 6.04 Å². The molecule has 1 atom stereocenters. The SMILES string of the molecule is COc1cc(C(N)=O)ccc1N(C)[C@H](CN(C)C)c1ccccc1. The minimum Gasteiger partial charge on any atom is -0.495 e. The molecule has 0 aromatic heterocycles. The summed E-state index contributed by atoms with van der Waals surface area (Å²) in [6.45, 7) is 0.848. The Kier molecular flexibility index (Phi) is 5.82. The van der Waals surface area contributed by atoms with Crippen LogP contribution in [0.25, 0.3) is 0 Å². The molecule has 5 nitrogen and oxygen atoms in total. The molecule has 0 fully saturated rings. The first kappa shape index (κ1) is 17.8. The van der Waals surface area contributed by atoms with Gasteiger partial charge in [-0.15, -0.1) is 0 Å². The number of methoxy groups -OCH3 is 1. The van der Waals surface area contributed by atoms with E-state index >= 15 is 0 Å². The van der Waals surface area contributed by atoms with E-state index in [-0.39, 0.29) is 6.04 Å². The number of hydrogen-bond acceptors (Lipinski definition) is 4. The lowest BCUT2D eigenvalue weighted by molar-refractivity contribution is 0.1000. The molecule has 1 amide bonds. The number of carbonyl (C=O) groups is 1. The fraction of sp³-hybridized carbons (Fsp3) is 0.316. The smallest absolute Gasteiger partial charge is 0.248 e. The summed E-state index contributed by atoms with van der Waals surface area (Å²) in [6, 6.07) is 15.8. The molecule has 2 rings (SSSR count). The maximum Gasteiger partial charge on any atom is 0.248 e. The highest BCUT2D eigenvalue weighted by atomic mass is 16.5. The number of nitrogens with zero attached hydrogens (tertiary/aromatic N) is 2. The van der Waals surface area contributed by atoms with Crippen molar-refractivity contribution in [3.63, 3.8) is 0 Å². The van der Waals surface area contributed by atoms with Gasteiger partial charge in [0.15, 0.2) is 0 Å². The normalized spacial score (nSPS) is 12.0. The summed E-state index contributed by atoms with van der Waals surface area (Å²) in [7, 11) is 7.73. The van der Waals surface area contributed by atoms with E-state index in [0.717, 1.165) is 12.2 Å². The Bertz CT molecular complexity index is 686. The Morgan fingerprint density at radius 2 is 1.79 bits per heavy atom. The molecule has 2 N–H and O–H groups in total. The number of carbonyl (C=O) groups excluding carboxylic acids is 1. The minimum absolute atomic E-state index is 0.148. The second-order valence-electron chi connectivity index (χ2n) is 6.05. The molecule has 2 aromatic carbocycles. The van der Waals surface area contributed by atoms with Crippen LogP contribution in [0.2, 0.25) is 0 Å². The highest BCUT2D eigenvalue weighted by molar-refractivity contribution is 5.94. The molecule has 0 aliphatic carbocycles. The molecule has 0 aliphatic heterocycles. The molecule has 5 heteroatoms. The van der Waals surface area contributed by atoms with Gasteiger partial charge in [-0.05, 0) is 37.9 Å². The van der Waals surface area contributed by atoms with Gasteiger partial charge in [-0.25, -0.2) is 0 Å². The summed E-state index contributed by atoms with van der Waals surface area (Å²) in [5.41, 5.74) is 7.94. The largest absolute Gasteiger partial charge is 0.495 e. The van der Waals surface area contributed by atoms with Crippen molar-refractivity contribution in [3.05, 3.63) is 59.7 Å². The first-order valence-electron chi connectivity index (χ1n) is 7.84. The Labute approximate surface area is 143 Å². The van der Waals surface area contributed by atoms with Crippen LogP contribution in [-0.2, 0) is 0 Å². The molecule has 0 radical (unpaired) electrons. The van der Waals surface area contributed by atoms with Gasteiger partial charge >= 0.3 is 0 Å². The van der Waals surface area contributed by atoms with E-state index in [1.54, 1.807) is 19.2 Å². The molecule has 0 saturated carbocycles. The molecule has 0 spiro atoms. The third-order valence-electron chi connectivity index (χ3n) is 4.03. The first-order chi connectivity index (χ1) is 11.4. The topological polar surface area (TPSA) is 58.8 Å². The van der Waals surface area contributed by atoms with Gasteiger partial charge in [0.2, 0.25) is 5.91 Å². The lowest BCUT2D eigenvalue weighted by atomic mass is 10.0. The zero-order valence-corrected chi connectivity index (χ0v) is 14.7. The molecule has 0 aliphatic rings. The van der Waals surface area contributed by atoms with E-state index in [4.69, 9.17) is 10.5 Å². The van der Waals surface area contributed by atoms with Gasteiger partial charge in [0.1, 0.15) is 5.75 Å². The van der Waals surface area contributed by atoms with Gasteiger partial charge in [0.05, 0.1) is 18.8 Å². The van der Waals surface area contributed by atoms with Gasteiger partial charge in [-0.2, -0.15) is 0 Å². The Balaban J connectivity index is 2.42. The number of nitrogens with two attached hydrogens (primary N) is 1. The van der Waals surface area contributed by atoms with Crippen molar-refractivity contribution in [2.24, 2.45) is 5.73 Å². The summed E-state index contributed by atoms with van der Waals surface area (Å²) in [6.07, 6.45) is 0. The molecular weight excluding hydrogens is 302 g/mol. The van der Waals surface area contributed by atoms with Crippen LogP contribution in [0.15, 0.2) is 48.5 Å². The van der Waals surface area contributed by atoms with Crippen LogP contribution < -0.4 is 15.4 Å². The van der Waals surface area contributed by atoms with Crippen molar-refractivity contribution in [2.75, 3.05) is 39.7 Å². The van der Waals surface area contributed by atoms with Crippen molar-refractivity contribution < 1.29 is 9.53 Å². The molecular formula is C19H25N3O2. The summed E-state index contributed by atoms with van der Waals surface area (Å²) in [5.74, 6) is 0.170. The monoisotopic (exact) mass is 327 g/mol. The Morgan fingerprint density at radius 3 is 2.33 bits per heavy atom. The number of ether oxygens (including phenoxy) is 1. The standard InChI is InChI=1S/C19H25N3O2/c1-21(2)13-17(14-8-6-5-7-9-14)22(3)16-11-10-15(19(20)23)12-18(16)24-4/h5-12,17H,13H2,1-4H3,(H2,20,23)/t17-/m1/s1. The average molecular weight is 327 g/mol. The van der Waals surface area contributed by atoms with E-state index in [9.17, 15) is 4.79 Å². The van der Waals surface area contributed by atoms with Crippen LogP contribution in [0.1, 0.15) is 22.0 Å². The van der Waals surface area contributed by atoms with Crippen LogP contribution in [0.4, 0.5) is 5.69 Å². The third-order valence-corrected chi connectivity index (χ3v) is 4.03. The van der Waals surface area contributed by atoms with Gasteiger partial charge in [0, 0.05) is 19.2 Å².